The van der Waals surface area contributed by atoms with E-state index in [9.17, 15) is 23.7 Å². The Bertz CT molecular complexity index is 1270. The summed E-state index contributed by atoms with van der Waals surface area (Å²) in [7, 11) is 0. The van der Waals surface area contributed by atoms with Crippen LogP contribution >= 0.6 is 11.8 Å². The van der Waals surface area contributed by atoms with Crippen LogP contribution in [0.3, 0.4) is 0 Å². The van der Waals surface area contributed by atoms with E-state index >= 15 is 0 Å². The fourth-order valence-corrected chi connectivity index (χ4v) is 5.22. The summed E-state index contributed by atoms with van der Waals surface area (Å²) in [6.07, 6.45) is 0. The summed E-state index contributed by atoms with van der Waals surface area (Å²) in [5.41, 5.74) is 2.39. The molecular formula is C26H25F2N3O3S. The van der Waals surface area contributed by atoms with Crippen LogP contribution in [0.25, 0.3) is 0 Å². The van der Waals surface area contributed by atoms with Crippen molar-refractivity contribution in [3.63, 3.8) is 0 Å². The molecule has 6 nitrogen and oxygen atoms in total. The minimum Gasteiger partial charge on any atom is -0.365 e. The van der Waals surface area contributed by atoms with E-state index in [4.69, 9.17) is 0 Å². The fourth-order valence-electron chi connectivity index (χ4n) is 4.24. The molecule has 0 N–H and O–H groups in total. The number of anilines is 1. The minimum atomic E-state index is -0.577. The van der Waals surface area contributed by atoms with Crippen LogP contribution in [-0.2, 0) is 5.75 Å². The molecule has 1 amide bonds. The number of nitro groups is 1. The second-order valence-corrected chi connectivity index (χ2v) is 9.61. The summed E-state index contributed by atoms with van der Waals surface area (Å²) in [5, 5.41) is 11.7. The zero-order valence-corrected chi connectivity index (χ0v) is 20.2. The topological polar surface area (TPSA) is 66.7 Å². The van der Waals surface area contributed by atoms with Gasteiger partial charge in [-0.3, -0.25) is 14.9 Å². The van der Waals surface area contributed by atoms with Gasteiger partial charge in [0.2, 0.25) is 0 Å². The highest BCUT2D eigenvalue weighted by molar-refractivity contribution is 7.98. The second-order valence-electron chi connectivity index (χ2n) is 8.60. The Labute approximate surface area is 206 Å². The number of halogens is 2. The lowest BCUT2D eigenvalue weighted by Gasteiger charge is -2.41. The average molecular weight is 498 g/mol. The number of nitro benzene ring substituents is 1. The van der Waals surface area contributed by atoms with Gasteiger partial charge in [0.1, 0.15) is 11.6 Å². The SMILES string of the molecule is Cc1cccc(N2CCN(C(=O)c3ccc(SCc4cc(F)ccc4F)c([N+](=O)[O-])c3)CC2C)c1. The Kier molecular flexibility index (Phi) is 7.35. The van der Waals surface area contributed by atoms with Crippen molar-refractivity contribution in [3.8, 4) is 0 Å². The number of thioether (sulfide) groups is 1. The van der Waals surface area contributed by atoms with Crippen LogP contribution in [-0.4, -0.2) is 41.4 Å². The predicted octanol–water partition coefficient (Wildman–Crippen LogP) is 5.82. The lowest BCUT2D eigenvalue weighted by atomic mass is 10.1. The molecule has 0 spiro atoms. The Morgan fingerprint density at radius 2 is 1.91 bits per heavy atom. The van der Waals surface area contributed by atoms with Crippen LogP contribution in [0, 0.1) is 28.7 Å². The van der Waals surface area contributed by atoms with Gasteiger partial charge in [0, 0.05) is 54.3 Å². The van der Waals surface area contributed by atoms with Crippen LogP contribution in [0.4, 0.5) is 20.2 Å². The Morgan fingerprint density at radius 1 is 1.11 bits per heavy atom. The maximum absolute atomic E-state index is 13.9. The first-order valence-electron chi connectivity index (χ1n) is 11.2. The van der Waals surface area contributed by atoms with E-state index in [1.54, 1.807) is 11.0 Å². The van der Waals surface area contributed by atoms with Gasteiger partial charge >= 0.3 is 0 Å². The molecule has 1 unspecified atom stereocenters. The van der Waals surface area contributed by atoms with E-state index in [1.165, 1.54) is 17.7 Å². The molecule has 182 valence electrons. The van der Waals surface area contributed by atoms with Crippen LogP contribution < -0.4 is 4.90 Å². The van der Waals surface area contributed by atoms with Gasteiger partial charge in [-0.05, 0) is 61.9 Å². The molecule has 1 fully saturated rings. The van der Waals surface area contributed by atoms with Gasteiger partial charge in [-0.25, -0.2) is 8.78 Å². The molecular weight excluding hydrogens is 472 g/mol. The van der Waals surface area contributed by atoms with Crippen molar-refractivity contribution in [2.24, 2.45) is 0 Å². The molecule has 0 aromatic heterocycles. The highest BCUT2D eigenvalue weighted by atomic mass is 32.2. The molecule has 1 saturated heterocycles. The lowest BCUT2D eigenvalue weighted by Crippen LogP contribution is -2.53. The quantitative estimate of drug-likeness (QED) is 0.244. The van der Waals surface area contributed by atoms with Crippen molar-refractivity contribution >= 4 is 29.0 Å². The van der Waals surface area contributed by atoms with Gasteiger partial charge in [-0.15, -0.1) is 11.8 Å². The molecule has 0 saturated carbocycles. The van der Waals surface area contributed by atoms with Gasteiger partial charge in [-0.2, -0.15) is 0 Å². The summed E-state index contributed by atoms with van der Waals surface area (Å²) in [5.74, 6) is -1.39. The molecule has 1 heterocycles. The number of rotatable bonds is 6. The molecule has 3 aromatic carbocycles. The molecule has 0 bridgehead atoms. The van der Waals surface area contributed by atoms with Gasteiger partial charge in [0.05, 0.1) is 9.82 Å². The summed E-state index contributed by atoms with van der Waals surface area (Å²) >= 11 is 1.03. The minimum absolute atomic E-state index is 0.0240. The van der Waals surface area contributed by atoms with E-state index in [0.29, 0.717) is 19.6 Å². The van der Waals surface area contributed by atoms with Crippen LogP contribution in [0.15, 0.2) is 65.6 Å². The van der Waals surface area contributed by atoms with Gasteiger partial charge in [-0.1, -0.05) is 12.1 Å². The summed E-state index contributed by atoms with van der Waals surface area (Å²) in [4.78, 5) is 28.6. The number of piperazine rings is 1. The van der Waals surface area contributed by atoms with Gasteiger partial charge < -0.3 is 9.80 Å². The number of carbonyl (C=O) groups is 1. The van der Waals surface area contributed by atoms with Gasteiger partial charge in [0.25, 0.3) is 11.6 Å². The van der Waals surface area contributed by atoms with Crippen molar-refractivity contribution in [2.45, 2.75) is 30.5 Å². The first-order valence-corrected chi connectivity index (χ1v) is 12.2. The third kappa shape index (κ3) is 5.62. The first-order chi connectivity index (χ1) is 16.7. The van der Waals surface area contributed by atoms with E-state index in [1.807, 2.05) is 19.1 Å². The Balaban J connectivity index is 1.48. The maximum Gasteiger partial charge on any atom is 0.283 e. The van der Waals surface area contributed by atoms with Crippen molar-refractivity contribution in [2.75, 3.05) is 24.5 Å². The lowest BCUT2D eigenvalue weighted by molar-refractivity contribution is -0.387. The predicted molar refractivity (Wildman–Crippen MR) is 133 cm³/mol. The van der Waals surface area contributed by atoms with Crippen LogP contribution in [0.5, 0.6) is 0 Å². The first kappa shape index (κ1) is 24.7. The second kappa shape index (κ2) is 10.4. The molecule has 1 atom stereocenters. The summed E-state index contributed by atoms with van der Waals surface area (Å²) in [6.45, 7) is 5.74. The summed E-state index contributed by atoms with van der Waals surface area (Å²) < 4.78 is 27.4. The van der Waals surface area contributed by atoms with E-state index in [2.05, 4.69) is 24.0 Å². The maximum atomic E-state index is 13.9. The van der Waals surface area contributed by atoms with Crippen molar-refractivity contribution in [1.82, 2.24) is 4.90 Å². The standard InChI is InChI=1S/C26H25F2N3O3S/c1-17-4-3-5-22(12-17)30-11-10-29(15-18(30)2)26(32)19-6-9-25(24(14-19)31(33)34)35-16-20-13-21(27)7-8-23(20)28/h3-9,12-14,18H,10-11,15-16H2,1-2H3. The number of nitrogens with zero attached hydrogens (tertiary/aromatic N) is 3. The van der Waals surface area contributed by atoms with Gasteiger partial charge in [0.15, 0.2) is 0 Å². The number of carbonyl (C=O) groups excluding carboxylic acids is 1. The Morgan fingerprint density at radius 3 is 2.63 bits per heavy atom. The van der Waals surface area contributed by atoms with E-state index < -0.39 is 16.6 Å². The third-order valence-corrected chi connectivity index (χ3v) is 7.15. The number of hydrogen-bond donors (Lipinski definition) is 0. The number of hydrogen-bond acceptors (Lipinski definition) is 5. The van der Waals surface area contributed by atoms with Crippen LogP contribution in [0.1, 0.15) is 28.4 Å². The molecule has 4 rings (SSSR count). The highest BCUT2D eigenvalue weighted by Crippen LogP contribution is 2.33. The molecule has 0 aliphatic carbocycles. The van der Waals surface area contributed by atoms with E-state index in [-0.39, 0.29) is 39.4 Å². The van der Waals surface area contributed by atoms with E-state index in [0.717, 1.165) is 35.6 Å². The average Bonchev–Trinajstić information content (AvgIpc) is 2.84. The van der Waals surface area contributed by atoms with Crippen molar-refractivity contribution in [3.05, 3.63) is 99.1 Å². The molecule has 0 radical (unpaired) electrons. The molecule has 3 aromatic rings. The summed E-state index contributed by atoms with van der Waals surface area (Å²) in [6, 6.07) is 15.7. The highest BCUT2D eigenvalue weighted by Gasteiger charge is 2.29. The molecule has 1 aliphatic heterocycles. The number of aryl methyl sites for hydroxylation is 1. The molecule has 1 aliphatic rings. The van der Waals surface area contributed by atoms with Crippen molar-refractivity contribution in [1.29, 1.82) is 0 Å². The number of benzene rings is 3. The normalized spacial score (nSPS) is 15.8. The third-order valence-electron chi connectivity index (χ3n) is 6.04. The van der Waals surface area contributed by atoms with Crippen molar-refractivity contribution < 1.29 is 18.5 Å². The largest absolute Gasteiger partial charge is 0.365 e. The Hall–Kier alpha value is -3.46. The monoisotopic (exact) mass is 497 g/mol. The fraction of sp³-hybridized carbons (Fsp3) is 0.269. The molecule has 35 heavy (non-hydrogen) atoms. The smallest absolute Gasteiger partial charge is 0.283 e. The van der Waals surface area contributed by atoms with Crippen LogP contribution in [0.2, 0.25) is 0 Å². The number of amides is 1. The zero-order valence-electron chi connectivity index (χ0n) is 19.4. The zero-order chi connectivity index (χ0) is 25.1. The molecule has 9 heteroatoms.